The summed E-state index contributed by atoms with van der Waals surface area (Å²) in [6.45, 7) is 0. The zero-order valence-corrected chi connectivity index (χ0v) is 16.8. The number of aromatic hydroxyl groups is 1. The molecule has 0 saturated carbocycles. The van der Waals surface area contributed by atoms with Crippen molar-refractivity contribution < 1.29 is 19.4 Å². The Balaban J connectivity index is 1.70. The molecule has 0 fully saturated rings. The van der Waals surface area contributed by atoms with Gasteiger partial charge in [-0.3, -0.25) is 4.79 Å². The van der Waals surface area contributed by atoms with Gasteiger partial charge in [-0.1, -0.05) is 6.07 Å². The number of phenols is 1. The maximum absolute atomic E-state index is 13.2. The Morgan fingerprint density at radius 2 is 1.93 bits per heavy atom. The van der Waals surface area contributed by atoms with E-state index in [2.05, 4.69) is 5.10 Å². The predicted molar refractivity (Wildman–Crippen MR) is 112 cm³/mol. The molecule has 1 N–H and O–H groups in total. The molecule has 6 nitrogen and oxygen atoms in total. The molecule has 1 unspecified atom stereocenters. The molecular formula is C22H20N2O4S. The molecule has 1 aliphatic heterocycles. The van der Waals surface area contributed by atoms with Crippen LogP contribution in [0, 0.1) is 0 Å². The third-order valence-corrected chi connectivity index (χ3v) is 5.81. The second-order valence-electron chi connectivity index (χ2n) is 6.55. The molecule has 0 spiro atoms. The highest BCUT2D eigenvalue weighted by molar-refractivity contribution is 7.10. The number of hydrogen-bond donors (Lipinski definition) is 1. The lowest BCUT2D eigenvalue weighted by Gasteiger charge is -2.20. The summed E-state index contributed by atoms with van der Waals surface area (Å²) in [4.78, 5) is 14.3. The summed E-state index contributed by atoms with van der Waals surface area (Å²) >= 11 is 1.60. The summed E-state index contributed by atoms with van der Waals surface area (Å²) in [7, 11) is 3.09. The minimum atomic E-state index is -0.181. The molecule has 2 heterocycles. The van der Waals surface area contributed by atoms with Crippen molar-refractivity contribution in [1.29, 1.82) is 0 Å². The smallest absolute Gasteiger partial charge is 0.274 e. The molecule has 0 radical (unpaired) electrons. The van der Waals surface area contributed by atoms with Crippen LogP contribution in [0.15, 0.2) is 65.1 Å². The van der Waals surface area contributed by atoms with E-state index in [4.69, 9.17) is 9.47 Å². The first-order valence-electron chi connectivity index (χ1n) is 9.06. The molecule has 4 rings (SSSR count). The second-order valence-corrected chi connectivity index (χ2v) is 7.53. The zero-order chi connectivity index (χ0) is 20.4. The molecular weight excluding hydrogens is 388 g/mol. The van der Waals surface area contributed by atoms with Gasteiger partial charge in [-0.05, 0) is 53.9 Å². The van der Waals surface area contributed by atoms with Crippen molar-refractivity contribution in [1.82, 2.24) is 5.01 Å². The highest BCUT2D eigenvalue weighted by Crippen LogP contribution is 2.37. The molecule has 2 aromatic carbocycles. The van der Waals surface area contributed by atoms with Crippen LogP contribution in [0.1, 0.15) is 33.3 Å². The van der Waals surface area contributed by atoms with E-state index >= 15 is 0 Å². The van der Waals surface area contributed by atoms with E-state index in [9.17, 15) is 9.90 Å². The fourth-order valence-corrected chi connectivity index (χ4v) is 4.11. The quantitative estimate of drug-likeness (QED) is 0.677. The van der Waals surface area contributed by atoms with Gasteiger partial charge in [-0.2, -0.15) is 5.10 Å². The number of amides is 1. The number of ether oxygens (including phenoxy) is 2. The topological polar surface area (TPSA) is 71.4 Å². The van der Waals surface area contributed by atoms with Crippen LogP contribution in [0.25, 0.3) is 0 Å². The predicted octanol–water partition coefficient (Wildman–Crippen LogP) is 4.46. The van der Waals surface area contributed by atoms with Gasteiger partial charge in [0.1, 0.15) is 5.75 Å². The van der Waals surface area contributed by atoms with Crippen molar-refractivity contribution in [2.75, 3.05) is 14.2 Å². The number of hydrogen-bond acceptors (Lipinski definition) is 6. The van der Waals surface area contributed by atoms with Gasteiger partial charge in [-0.15, -0.1) is 11.3 Å². The van der Waals surface area contributed by atoms with Crippen molar-refractivity contribution in [2.45, 2.75) is 12.5 Å². The van der Waals surface area contributed by atoms with Crippen molar-refractivity contribution in [2.24, 2.45) is 5.10 Å². The number of hydrazone groups is 1. The summed E-state index contributed by atoms with van der Waals surface area (Å²) in [5.74, 6) is 0.957. The van der Waals surface area contributed by atoms with E-state index < -0.39 is 0 Å². The molecule has 1 aliphatic rings. The first-order chi connectivity index (χ1) is 14.1. The number of carbonyl (C=O) groups is 1. The number of thiophene rings is 1. The fraction of sp³-hybridized carbons (Fsp3) is 0.182. The summed E-state index contributed by atoms with van der Waals surface area (Å²) < 4.78 is 10.4. The lowest BCUT2D eigenvalue weighted by Crippen LogP contribution is -2.26. The largest absolute Gasteiger partial charge is 0.504 e. The zero-order valence-electron chi connectivity index (χ0n) is 16.0. The molecule has 0 bridgehead atoms. The van der Waals surface area contributed by atoms with Gasteiger partial charge >= 0.3 is 0 Å². The number of carbonyl (C=O) groups excluding carboxylic acids is 1. The summed E-state index contributed by atoms with van der Waals surface area (Å²) in [6.07, 6.45) is 0.580. The lowest BCUT2D eigenvalue weighted by molar-refractivity contribution is 0.0713. The first kappa shape index (κ1) is 19.0. The fourth-order valence-electron chi connectivity index (χ4n) is 3.30. The van der Waals surface area contributed by atoms with E-state index in [1.165, 1.54) is 7.11 Å². The SMILES string of the molecule is COc1ccc(C(=O)N2N=C(c3ccc(O)c(OC)c3)CC2c2cccs2)cc1. The van der Waals surface area contributed by atoms with Gasteiger partial charge < -0.3 is 14.6 Å². The van der Waals surface area contributed by atoms with Gasteiger partial charge in [0.05, 0.1) is 26.0 Å². The number of nitrogens with zero attached hydrogens (tertiary/aromatic N) is 2. The van der Waals surface area contributed by atoms with E-state index in [0.717, 1.165) is 16.2 Å². The molecule has 1 atom stereocenters. The van der Waals surface area contributed by atoms with Gasteiger partial charge in [0, 0.05) is 22.4 Å². The van der Waals surface area contributed by atoms with E-state index in [-0.39, 0.29) is 17.7 Å². The van der Waals surface area contributed by atoms with Crippen LogP contribution in [-0.2, 0) is 0 Å². The number of methoxy groups -OCH3 is 2. The van der Waals surface area contributed by atoms with Crippen LogP contribution in [0.4, 0.5) is 0 Å². The Bertz CT molecular complexity index is 1050. The van der Waals surface area contributed by atoms with E-state index in [1.807, 2.05) is 17.5 Å². The summed E-state index contributed by atoms with van der Waals surface area (Å²) in [5, 5.41) is 18.1. The maximum Gasteiger partial charge on any atom is 0.274 e. The molecule has 1 amide bonds. The van der Waals surface area contributed by atoms with Gasteiger partial charge in [0.2, 0.25) is 0 Å². The molecule has 1 aromatic heterocycles. The Labute approximate surface area is 172 Å². The van der Waals surface area contributed by atoms with Crippen LogP contribution in [-0.4, -0.2) is 36.0 Å². The minimum absolute atomic E-state index is 0.0656. The minimum Gasteiger partial charge on any atom is -0.504 e. The monoisotopic (exact) mass is 408 g/mol. The van der Waals surface area contributed by atoms with Crippen molar-refractivity contribution in [3.8, 4) is 17.2 Å². The van der Waals surface area contributed by atoms with Crippen LogP contribution >= 0.6 is 11.3 Å². The third-order valence-electron chi connectivity index (χ3n) is 4.84. The number of phenolic OH excluding ortho intramolecular Hbond substituents is 1. The second kappa shape index (κ2) is 7.97. The first-order valence-corrected chi connectivity index (χ1v) is 9.94. The Hall–Kier alpha value is -3.32. The average molecular weight is 408 g/mol. The van der Waals surface area contributed by atoms with Gasteiger partial charge in [-0.25, -0.2) is 5.01 Å². The lowest BCUT2D eigenvalue weighted by atomic mass is 10.0. The van der Waals surface area contributed by atoms with Crippen molar-refractivity contribution in [3.63, 3.8) is 0 Å². The summed E-state index contributed by atoms with van der Waals surface area (Å²) in [5.41, 5.74) is 2.12. The Kier molecular flexibility index (Phi) is 5.22. The third kappa shape index (κ3) is 3.69. The van der Waals surface area contributed by atoms with E-state index in [0.29, 0.717) is 23.5 Å². The van der Waals surface area contributed by atoms with Gasteiger partial charge in [0.25, 0.3) is 5.91 Å². The van der Waals surface area contributed by atoms with Crippen LogP contribution < -0.4 is 9.47 Å². The van der Waals surface area contributed by atoms with Crippen LogP contribution in [0.2, 0.25) is 0 Å². The normalized spacial score (nSPS) is 15.9. The van der Waals surface area contributed by atoms with Crippen LogP contribution in [0.5, 0.6) is 17.2 Å². The Morgan fingerprint density at radius 1 is 1.14 bits per heavy atom. The van der Waals surface area contributed by atoms with E-state index in [1.54, 1.807) is 65.9 Å². The van der Waals surface area contributed by atoms with Crippen LogP contribution in [0.3, 0.4) is 0 Å². The maximum atomic E-state index is 13.2. The van der Waals surface area contributed by atoms with Crippen molar-refractivity contribution >= 4 is 23.0 Å². The highest BCUT2D eigenvalue weighted by Gasteiger charge is 2.34. The number of benzene rings is 2. The Morgan fingerprint density at radius 3 is 2.59 bits per heavy atom. The highest BCUT2D eigenvalue weighted by atomic mass is 32.1. The molecule has 3 aromatic rings. The molecule has 148 valence electrons. The summed E-state index contributed by atoms with van der Waals surface area (Å²) in [6, 6.07) is 15.9. The van der Waals surface area contributed by atoms with Crippen molar-refractivity contribution in [3.05, 3.63) is 76.0 Å². The number of rotatable bonds is 5. The van der Waals surface area contributed by atoms with Gasteiger partial charge in [0.15, 0.2) is 11.5 Å². The molecule has 29 heavy (non-hydrogen) atoms. The molecule has 7 heteroatoms. The standard InChI is InChI=1S/C22H20N2O4S/c1-27-16-8-5-14(6-9-16)22(26)24-18(21-4-3-11-29-21)13-17(23-24)15-7-10-19(25)20(12-15)28-2/h3-12,18,25H,13H2,1-2H3. The average Bonchev–Trinajstić information content (AvgIpc) is 3.43. The molecule has 0 aliphatic carbocycles. The molecule has 0 saturated heterocycles.